The monoisotopic (exact) mass is 722 g/mol. The minimum absolute atomic E-state index is 0. The van der Waals surface area contributed by atoms with Crippen molar-refractivity contribution in [2.45, 2.75) is 40.7 Å². The molecule has 2 aromatic heterocycles. The van der Waals surface area contributed by atoms with Crippen LogP contribution in [0.4, 0.5) is 0 Å². The molecule has 43 heavy (non-hydrogen) atoms. The van der Waals surface area contributed by atoms with Crippen molar-refractivity contribution in [3.8, 4) is 0 Å². The molecule has 0 aliphatic heterocycles. The second-order valence-corrected chi connectivity index (χ2v) is 8.08. The number of carbonyl (C=O) groups is 1. The SMILES string of the molecule is CC.CC.Cc1ccc2nc[c-]nc2c1.O=Cc1ccccc1.OC(c1ccccc1)c1ccc2nc[c-]nc2c1.[Y].[Y]. The molecule has 0 aliphatic rings. The number of nitrogens with zero attached hydrogens (tertiary/aromatic N) is 4. The maximum Gasteiger partial charge on any atom is 0.150 e. The van der Waals surface area contributed by atoms with Crippen LogP contribution < -0.4 is 0 Å². The molecule has 0 saturated carbocycles. The van der Waals surface area contributed by atoms with Crippen LogP contribution in [0.3, 0.4) is 0 Å². The number of benzene rings is 4. The molecule has 4 aromatic carbocycles. The molecule has 1 atom stereocenters. The van der Waals surface area contributed by atoms with Gasteiger partial charge in [0.2, 0.25) is 0 Å². The Hall–Kier alpha value is -2.60. The molecule has 0 bridgehead atoms. The third-order valence-corrected chi connectivity index (χ3v) is 5.39. The Labute approximate surface area is 305 Å². The zero-order valence-corrected chi connectivity index (χ0v) is 31.0. The van der Waals surface area contributed by atoms with Crippen molar-refractivity contribution in [2.75, 3.05) is 0 Å². The second-order valence-electron chi connectivity index (χ2n) is 8.08. The van der Waals surface area contributed by atoms with Crippen molar-refractivity contribution in [1.82, 2.24) is 19.9 Å². The van der Waals surface area contributed by atoms with E-state index in [0.717, 1.165) is 45.0 Å². The fourth-order valence-electron chi connectivity index (χ4n) is 3.49. The first-order chi connectivity index (χ1) is 20.1. The maximum atomic E-state index is 10.3. The Morgan fingerprint density at radius 1 is 0.628 bits per heavy atom. The van der Waals surface area contributed by atoms with Crippen LogP contribution in [0.2, 0.25) is 0 Å². The minimum Gasteiger partial charge on any atom is -0.448 e. The Morgan fingerprint density at radius 3 is 1.63 bits per heavy atom. The number of carbonyl (C=O) groups excluding carboxylic acids is 1. The van der Waals surface area contributed by atoms with Crippen LogP contribution in [0.15, 0.2) is 109 Å². The number of hydrogen-bond donors (Lipinski definition) is 1. The van der Waals surface area contributed by atoms with Gasteiger partial charge in [0.25, 0.3) is 0 Å². The number of hydrogen-bond acceptors (Lipinski definition) is 6. The number of aryl methyl sites for hydroxylation is 1. The summed E-state index contributed by atoms with van der Waals surface area (Å²) in [6.07, 6.45) is 8.71. The van der Waals surface area contributed by atoms with Crippen LogP contribution in [-0.2, 0) is 65.4 Å². The van der Waals surface area contributed by atoms with E-state index in [2.05, 4.69) is 32.3 Å². The molecule has 0 aliphatic carbocycles. The van der Waals surface area contributed by atoms with Crippen molar-refractivity contribution in [2.24, 2.45) is 0 Å². The molecule has 0 saturated heterocycles. The van der Waals surface area contributed by atoms with Crippen LogP contribution >= 0.6 is 0 Å². The predicted octanol–water partition coefficient (Wildman–Crippen LogP) is 7.80. The van der Waals surface area contributed by atoms with E-state index in [1.807, 2.05) is 120 Å². The fourth-order valence-corrected chi connectivity index (χ4v) is 3.49. The van der Waals surface area contributed by atoms with Gasteiger partial charge < -0.3 is 15.1 Å². The van der Waals surface area contributed by atoms with Crippen LogP contribution in [0.5, 0.6) is 0 Å². The van der Waals surface area contributed by atoms with E-state index in [0.29, 0.717) is 0 Å². The smallest absolute Gasteiger partial charge is 0.150 e. The number of rotatable bonds is 3. The van der Waals surface area contributed by atoms with Crippen molar-refractivity contribution < 1.29 is 75.3 Å². The minimum atomic E-state index is -0.641. The van der Waals surface area contributed by atoms with E-state index in [1.54, 1.807) is 18.3 Å². The van der Waals surface area contributed by atoms with Gasteiger partial charge in [0.1, 0.15) is 12.4 Å². The molecule has 1 unspecified atom stereocenters. The Bertz CT molecular complexity index is 1590. The summed E-state index contributed by atoms with van der Waals surface area (Å²) in [6.45, 7) is 10.0. The zero-order chi connectivity index (χ0) is 29.9. The third-order valence-electron chi connectivity index (χ3n) is 5.39. The normalized spacial score (nSPS) is 9.72. The number of aliphatic hydroxyl groups is 1. The molecular formula is C35H36N4O2Y2-2. The first kappa shape index (κ1) is 40.4. The number of aromatic nitrogens is 4. The Balaban J connectivity index is 0.000000610. The van der Waals surface area contributed by atoms with Gasteiger partial charge in [-0.3, -0.25) is 14.8 Å². The van der Waals surface area contributed by atoms with Gasteiger partial charge >= 0.3 is 0 Å². The van der Waals surface area contributed by atoms with Gasteiger partial charge in [-0.05, 0) is 30.4 Å². The van der Waals surface area contributed by atoms with E-state index < -0.39 is 6.10 Å². The number of fused-ring (bicyclic) bond motifs is 2. The van der Waals surface area contributed by atoms with Gasteiger partial charge in [-0.15, -0.1) is 24.5 Å². The van der Waals surface area contributed by atoms with E-state index >= 15 is 0 Å². The van der Waals surface area contributed by atoms with Crippen LogP contribution in [0, 0.1) is 19.3 Å². The quantitative estimate of drug-likeness (QED) is 0.148. The van der Waals surface area contributed by atoms with Gasteiger partial charge in [0.05, 0.1) is 0 Å². The summed E-state index contributed by atoms with van der Waals surface area (Å²) in [4.78, 5) is 26.4. The van der Waals surface area contributed by atoms with Gasteiger partial charge in [-0.2, -0.15) is 0 Å². The topological polar surface area (TPSA) is 88.9 Å². The third kappa shape index (κ3) is 13.7. The molecule has 6 aromatic rings. The summed E-state index contributed by atoms with van der Waals surface area (Å²) >= 11 is 0. The van der Waals surface area contributed by atoms with Crippen LogP contribution in [0.25, 0.3) is 22.1 Å². The maximum absolute atomic E-state index is 10.3. The first-order valence-corrected chi connectivity index (χ1v) is 13.6. The van der Waals surface area contributed by atoms with E-state index in [9.17, 15) is 9.90 Å². The molecule has 6 nitrogen and oxygen atoms in total. The van der Waals surface area contributed by atoms with Crippen molar-refractivity contribution in [1.29, 1.82) is 0 Å². The predicted molar refractivity (Wildman–Crippen MR) is 167 cm³/mol. The molecule has 0 amide bonds. The average molecular weight is 723 g/mol. The van der Waals surface area contributed by atoms with Gasteiger partial charge in [0, 0.05) is 82.0 Å². The molecule has 8 heteroatoms. The second kappa shape index (κ2) is 23.8. The van der Waals surface area contributed by atoms with E-state index in [1.165, 1.54) is 11.8 Å². The molecular weight excluding hydrogens is 686 g/mol. The largest absolute Gasteiger partial charge is 0.448 e. The van der Waals surface area contributed by atoms with Crippen molar-refractivity contribution in [3.05, 3.63) is 144 Å². The molecule has 216 valence electrons. The summed E-state index contributed by atoms with van der Waals surface area (Å²) in [5, 5.41) is 10.3. The summed E-state index contributed by atoms with van der Waals surface area (Å²) in [6, 6.07) is 30.2. The fraction of sp³-hybridized carbons (Fsp3) is 0.171. The molecule has 6 rings (SSSR count). The molecule has 0 fully saturated rings. The van der Waals surface area contributed by atoms with Crippen molar-refractivity contribution >= 4 is 28.4 Å². The zero-order valence-electron chi connectivity index (χ0n) is 25.3. The van der Waals surface area contributed by atoms with Crippen LogP contribution in [0.1, 0.15) is 60.8 Å². The number of aliphatic hydroxyl groups excluding tert-OH is 1. The van der Waals surface area contributed by atoms with E-state index in [4.69, 9.17) is 0 Å². The van der Waals surface area contributed by atoms with Crippen LogP contribution in [-0.4, -0.2) is 31.3 Å². The summed E-state index contributed by atoms with van der Waals surface area (Å²) < 4.78 is 0. The van der Waals surface area contributed by atoms with Crippen molar-refractivity contribution in [3.63, 3.8) is 0 Å². The van der Waals surface area contributed by atoms with Gasteiger partial charge in [-0.25, -0.2) is 0 Å². The van der Waals surface area contributed by atoms with E-state index in [-0.39, 0.29) is 65.4 Å². The Kier molecular flexibility index (Phi) is 22.4. The molecule has 2 radical (unpaired) electrons. The molecule has 1 N–H and O–H groups in total. The summed E-state index contributed by atoms with van der Waals surface area (Å²) in [5.41, 5.74) is 6.98. The summed E-state index contributed by atoms with van der Waals surface area (Å²) in [5.74, 6) is 0. The standard InChI is InChI=1S/C15H11N2O.C9H7N2.C7H6O.2C2H6.2Y/c18-15(11-4-2-1-3-5-11)12-6-7-13-14(10-12)17-9-8-16-13;1-7-2-3-8-9(6-7)11-5-4-10-8;8-6-7-4-2-1-3-5-7;2*1-2;;/h1-8,10,15,18H;2-4,6H,1H3;1-6H;2*1-2H3;;/q2*-1;;;;;. The van der Waals surface area contributed by atoms with Gasteiger partial charge in [0.15, 0.2) is 0 Å². The molecule has 2 heterocycles. The number of aldehydes is 1. The van der Waals surface area contributed by atoms with Gasteiger partial charge in [-0.1, -0.05) is 129 Å². The average Bonchev–Trinajstić information content (AvgIpc) is 3.07. The first-order valence-electron chi connectivity index (χ1n) is 13.6. The Morgan fingerprint density at radius 2 is 1.12 bits per heavy atom. The molecule has 0 spiro atoms. The summed E-state index contributed by atoms with van der Waals surface area (Å²) in [7, 11) is 0.